The van der Waals surface area contributed by atoms with E-state index in [0.717, 1.165) is 5.92 Å². The molecule has 0 aliphatic rings. The van der Waals surface area contributed by atoms with Crippen molar-refractivity contribution in [1.82, 2.24) is 0 Å². The fraction of sp³-hybridized carbons (Fsp3) is 0.667. The Kier molecular flexibility index (Phi) is 6.46. The van der Waals surface area contributed by atoms with Crippen molar-refractivity contribution in [3.63, 3.8) is 0 Å². The lowest BCUT2D eigenvalue weighted by Crippen LogP contribution is -1.97. The minimum atomic E-state index is 0.867. The van der Waals surface area contributed by atoms with E-state index in [2.05, 4.69) is 46.8 Å². The largest absolute Gasteiger partial charge is 0.0628 e. The van der Waals surface area contributed by atoms with Crippen LogP contribution in [0.25, 0.3) is 0 Å². The van der Waals surface area contributed by atoms with Crippen molar-refractivity contribution >= 4 is 0 Å². The number of hydrogen-bond acceptors (Lipinski definition) is 0. The Bertz CT molecular complexity index is 361. The van der Waals surface area contributed by atoms with E-state index in [1.807, 2.05) is 0 Å². The molecule has 0 unspecified atom stereocenters. The molecule has 0 amide bonds. The van der Waals surface area contributed by atoms with Crippen LogP contribution in [0.4, 0.5) is 0 Å². The van der Waals surface area contributed by atoms with Gasteiger partial charge < -0.3 is 0 Å². The monoisotopic (exact) mass is 246 g/mol. The zero-order valence-corrected chi connectivity index (χ0v) is 13.0. The van der Waals surface area contributed by atoms with Crippen LogP contribution in [0.2, 0.25) is 0 Å². The van der Waals surface area contributed by atoms with Crippen molar-refractivity contribution in [3.8, 4) is 0 Å². The summed E-state index contributed by atoms with van der Waals surface area (Å²) < 4.78 is 0. The Morgan fingerprint density at radius 2 is 1.44 bits per heavy atom. The van der Waals surface area contributed by atoms with Gasteiger partial charge in [-0.2, -0.15) is 0 Å². The molecule has 0 aliphatic heterocycles. The average Bonchev–Trinajstić information content (AvgIpc) is 2.32. The minimum absolute atomic E-state index is 0.867. The van der Waals surface area contributed by atoms with Crippen molar-refractivity contribution in [2.45, 2.75) is 73.1 Å². The summed E-state index contributed by atoms with van der Waals surface area (Å²) in [5, 5.41) is 0. The maximum Gasteiger partial charge on any atom is -0.0274 e. The summed E-state index contributed by atoms with van der Waals surface area (Å²) >= 11 is 0. The third-order valence-electron chi connectivity index (χ3n) is 4.06. The van der Waals surface area contributed by atoms with Gasteiger partial charge in [0.15, 0.2) is 0 Å². The number of benzene rings is 1. The van der Waals surface area contributed by atoms with Crippen LogP contribution in [-0.4, -0.2) is 0 Å². The Morgan fingerprint density at radius 1 is 0.833 bits per heavy atom. The zero-order chi connectivity index (χ0) is 13.5. The predicted molar refractivity (Wildman–Crippen MR) is 82.3 cm³/mol. The van der Waals surface area contributed by atoms with Crippen molar-refractivity contribution < 1.29 is 0 Å². The van der Waals surface area contributed by atoms with Crippen LogP contribution in [0, 0.1) is 26.7 Å². The van der Waals surface area contributed by atoms with Gasteiger partial charge in [0.05, 0.1) is 0 Å². The highest BCUT2D eigenvalue weighted by atomic mass is 14.1. The molecule has 18 heavy (non-hydrogen) atoms. The molecule has 0 nitrogen and oxygen atoms in total. The molecule has 0 N–H and O–H groups in total. The first-order chi connectivity index (χ1) is 8.52. The highest BCUT2D eigenvalue weighted by Gasteiger charge is 2.04. The van der Waals surface area contributed by atoms with Gasteiger partial charge in [0, 0.05) is 0 Å². The summed E-state index contributed by atoms with van der Waals surface area (Å²) in [4.78, 5) is 0. The van der Waals surface area contributed by atoms with Crippen LogP contribution in [0.15, 0.2) is 12.1 Å². The normalized spacial score (nSPS) is 11.2. The molecular weight excluding hydrogens is 216 g/mol. The van der Waals surface area contributed by atoms with Crippen molar-refractivity contribution in [3.05, 3.63) is 34.4 Å². The molecule has 1 aromatic rings. The van der Waals surface area contributed by atoms with Crippen LogP contribution < -0.4 is 0 Å². The fourth-order valence-electron chi connectivity index (χ4n) is 2.60. The van der Waals surface area contributed by atoms with E-state index in [0.29, 0.717) is 0 Å². The van der Waals surface area contributed by atoms with Gasteiger partial charge in [-0.15, -0.1) is 0 Å². The standard InChI is InChI=1S/C18H30/c1-14(2)10-8-6-7-9-11-18-16(4)13-12-15(3)17(18)5/h12-14H,6-11H2,1-5H3. The van der Waals surface area contributed by atoms with Gasteiger partial charge in [0.1, 0.15) is 0 Å². The van der Waals surface area contributed by atoms with Crippen LogP contribution in [0.1, 0.15) is 68.2 Å². The summed E-state index contributed by atoms with van der Waals surface area (Å²) in [7, 11) is 0. The van der Waals surface area contributed by atoms with Gasteiger partial charge in [-0.25, -0.2) is 0 Å². The Morgan fingerprint density at radius 3 is 2.11 bits per heavy atom. The third kappa shape index (κ3) is 4.84. The van der Waals surface area contributed by atoms with Gasteiger partial charge in [-0.05, 0) is 61.8 Å². The summed E-state index contributed by atoms with van der Waals surface area (Å²) in [5.41, 5.74) is 6.02. The Hall–Kier alpha value is -0.780. The molecule has 0 bridgehead atoms. The molecule has 0 aromatic heterocycles. The van der Waals surface area contributed by atoms with Crippen molar-refractivity contribution in [1.29, 1.82) is 0 Å². The van der Waals surface area contributed by atoms with E-state index < -0.39 is 0 Å². The highest BCUT2D eigenvalue weighted by Crippen LogP contribution is 2.20. The van der Waals surface area contributed by atoms with Gasteiger partial charge in [0.25, 0.3) is 0 Å². The molecule has 0 heteroatoms. The van der Waals surface area contributed by atoms with E-state index in [-0.39, 0.29) is 0 Å². The maximum atomic E-state index is 2.32. The van der Waals surface area contributed by atoms with Gasteiger partial charge in [-0.1, -0.05) is 51.7 Å². The zero-order valence-electron chi connectivity index (χ0n) is 13.0. The lowest BCUT2D eigenvalue weighted by atomic mass is 9.94. The second-order valence-corrected chi connectivity index (χ2v) is 6.15. The predicted octanol–water partition coefficient (Wildman–Crippen LogP) is 5.76. The van der Waals surface area contributed by atoms with Gasteiger partial charge in [-0.3, -0.25) is 0 Å². The maximum absolute atomic E-state index is 2.32. The van der Waals surface area contributed by atoms with Crippen LogP contribution >= 0.6 is 0 Å². The quantitative estimate of drug-likeness (QED) is 0.536. The molecule has 0 fully saturated rings. The number of unbranched alkanes of at least 4 members (excludes halogenated alkanes) is 3. The minimum Gasteiger partial charge on any atom is -0.0628 e. The molecule has 0 saturated heterocycles. The van der Waals surface area contributed by atoms with Crippen LogP contribution in [0.5, 0.6) is 0 Å². The Balaban J connectivity index is 2.33. The first-order valence-electron chi connectivity index (χ1n) is 7.58. The first kappa shape index (κ1) is 15.3. The molecule has 0 saturated carbocycles. The summed E-state index contributed by atoms with van der Waals surface area (Å²) in [6.45, 7) is 11.4. The van der Waals surface area contributed by atoms with Crippen molar-refractivity contribution in [2.24, 2.45) is 5.92 Å². The second-order valence-electron chi connectivity index (χ2n) is 6.15. The number of aryl methyl sites for hydroxylation is 2. The molecule has 0 radical (unpaired) electrons. The van der Waals surface area contributed by atoms with E-state index in [4.69, 9.17) is 0 Å². The lowest BCUT2D eigenvalue weighted by Gasteiger charge is -2.12. The smallest absolute Gasteiger partial charge is 0.0274 e. The SMILES string of the molecule is Cc1ccc(C)c(CCCCCCC(C)C)c1C. The molecule has 102 valence electrons. The van der Waals surface area contributed by atoms with Gasteiger partial charge >= 0.3 is 0 Å². The second kappa shape index (κ2) is 7.61. The first-order valence-corrected chi connectivity index (χ1v) is 7.58. The number of hydrogen-bond donors (Lipinski definition) is 0. The average molecular weight is 246 g/mol. The van der Waals surface area contributed by atoms with E-state index in [9.17, 15) is 0 Å². The van der Waals surface area contributed by atoms with E-state index >= 15 is 0 Å². The third-order valence-corrected chi connectivity index (χ3v) is 4.06. The van der Waals surface area contributed by atoms with Crippen LogP contribution in [0.3, 0.4) is 0 Å². The Labute approximate surface area is 114 Å². The molecule has 0 atom stereocenters. The number of rotatable bonds is 7. The fourth-order valence-corrected chi connectivity index (χ4v) is 2.60. The molecule has 1 aromatic carbocycles. The molecule has 1 rings (SSSR count). The summed E-state index contributed by atoms with van der Waals surface area (Å²) in [6.07, 6.45) is 8.21. The lowest BCUT2D eigenvalue weighted by molar-refractivity contribution is 0.520. The van der Waals surface area contributed by atoms with E-state index in [1.165, 1.54) is 55.2 Å². The molecule has 0 spiro atoms. The highest BCUT2D eigenvalue weighted by molar-refractivity contribution is 5.39. The van der Waals surface area contributed by atoms with E-state index in [1.54, 1.807) is 5.56 Å². The summed E-state index contributed by atoms with van der Waals surface area (Å²) in [6, 6.07) is 4.52. The molecule has 0 heterocycles. The van der Waals surface area contributed by atoms with Gasteiger partial charge in [0.2, 0.25) is 0 Å². The topological polar surface area (TPSA) is 0 Å². The van der Waals surface area contributed by atoms with Crippen molar-refractivity contribution in [2.75, 3.05) is 0 Å². The summed E-state index contributed by atoms with van der Waals surface area (Å²) in [5.74, 6) is 0.867. The molecule has 0 aliphatic carbocycles. The molecular formula is C18H30. The van der Waals surface area contributed by atoms with Crippen LogP contribution in [-0.2, 0) is 6.42 Å².